The number of aromatic nitrogens is 1. The first-order valence-electron chi connectivity index (χ1n) is 7.04. The molecule has 1 heterocycles. The molecular formula is C14H27N3O2S. The molecule has 1 aromatic heterocycles. The molecule has 0 radical (unpaired) electrons. The maximum atomic E-state index is 12.3. The molecule has 0 saturated carbocycles. The van der Waals surface area contributed by atoms with Crippen LogP contribution in [0.4, 0.5) is 0 Å². The molecular weight excluding hydrogens is 274 g/mol. The molecule has 0 saturated heterocycles. The van der Waals surface area contributed by atoms with Crippen LogP contribution in [0.2, 0.25) is 0 Å². The van der Waals surface area contributed by atoms with E-state index < -0.39 is 10.0 Å². The lowest BCUT2D eigenvalue weighted by Crippen LogP contribution is -2.35. The molecule has 0 aliphatic rings. The van der Waals surface area contributed by atoms with Crippen molar-refractivity contribution in [3.63, 3.8) is 0 Å². The SMILES string of the molecule is CC(C)NCc1cc(S(=O)(=O)NC(C)C(C)C)cn1C. The Morgan fingerprint density at radius 1 is 1.20 bits per heavy atom. The van der Waals surface area contributed by atoms with Crippen molar-refractivity contribution in [2.45, 2.75) is 58.1 Å². The first-order valence-corrected chi connectivity index (χ1v) is 8.52. The Morgan fingerprint density at radius 3 is 2.30 bits per heavy atom. The summed E-state index contributed by atoms with van der Waals surface area (Å²) in [5.41, 5.74) is 0.955. The molecule has 1 atom stereocenters. The minimum Gasteiger partial charge on any atom is -0.352 e. The maximum Gasteiger partial charge on any atom is 0.242 e. The Labute approximate surface area is 122 Å². The lowest BCUT2D eigenvalue weighted by atomic mass is 10.1. The molecule has 0 aliphatic carbocycles. The Balaban J connectivity index is 2.88. The second-order valence-electron chi connectivity index (χ2n) is 5.97. The van der Waals surface area contributed by atoms with E-state index in [1.807, 2.05) is 32.4 Å². The lowest BCUT2D eigenvalue weighted by molar-refractivity contribution is 0.476. The Bertz CT molecular complexity index is 533. The van der Waals surface area contributed by atoms with E-state index in [0.29, 0.717) is 17.5 Å². The second-order valence-corrected chi connectivity index (χ2v) is 7.68. The van der Waals surface area contributed by atoms with E-state index in [2.05, 4.69) is 23.9 Å². The van der Waals surface area contributed by atoms with Gasteiger partial charge in [0.05, 0.1) is 4.90 Å². The molecule has 0 aliphatic heterocycles. The maximum absolute atomic E-state index is 12.3. The number of hydrogen-bond acceptors (Lipinski definition) is 3. The van der Waals surface area contributed by atoms with Crippen molar-refractivity contribution in [3.8, 4) is 0 Å². The van der Waals surface area contributed by atoms with Crippen LogP contribution in [0.25, 0.3) is 0 Å². The third-order valence-corrected chi connectivity index (χ3v) is 4.95. The van der Waals surface area contributed by atoms with Crippen LogP contribution in [-0.4, -0.2) is 25.1 Å². The lowest BCUT2D eigenvalue weighted by Gasteiger charge is -2.16. The molecule has 2 N–H and O–H groups in total. The summed E-state index contributed by atoms with van der Waals surface area (Å²) >= 11 is 0. The van der Waals surface area contributed by atoms with Crippen LogP contribution in [0.1, 0.15) is 40.3 Å². The summed E-state index contributed by atoms with van der Waals surface area (Å²) in [7, 11) is -1.58. The molecule has 5 nitrogen and oxygen atoms in total. The summed E-state index contributed by atoms with van der Waals surface area (Å²) in [6, 6.07) is 2.01. The van der Waals surface area contributed by atoms with Crippen molar-refractivity contribution in [1.29, 1.82) is 0 Å². The van der Waals surface area contributed by atoms with E-state index in [1.165, 1.54) is 0 Å². The molecule has 0 spiro atoms. The molecule has 0 fully saturated rings. The topological polar surface area (TPSA) is 63.1 Å². The standard InChI is InChI=1S/C14H27N3O2S/c1-10(2)12(5)16-20(18,19)14-7-13(17(6)9-14)8-15-11(3)4/h7,9-12,15-16H,8H2,1-6H3. The van der Waals surface area contributed by atoms with Gasteiger partial charge in [0.25, 0.3) is 0 Å². The average molecular weight is 301 g/mol. The van der Waals surface area contributed by atoms with Crippen molar-refractivity contribution in [1.82, 2.24) is 14.6 Å². The van der Waals surface area contributed by atoms with Gasteiger partial charge >= 0.3 is 0 Å². The Hall–Kier alpha value is -0.850. The van der Waals surface area contributed by atoms with E-state index in [4.69, 9.17) is 0 Å². The van der Waals surface area contributed by atoms with E-state index in [-0.39, 0.29) is 12.0 Å². The molecule has 1 unspecified atom stereocenters. The largest absolute Gasteiger partial charge is 0.352 e. The van der Waals surface area contributed by atoms with Crippen LogP contribution in [0.15, 0.2) is 17.2 Å². The van der Waals surface area contributed by atoms with Gasteiger partial charge in [-0.25, -0.2) is 13.1 Å². The number of nitrogens with one attached hydrogen (secondary N) is 2. The summed E-state index contributed by atoms with van der Waals surface area (Å²) in [4.78, 5) is 0.327. The minimum absolute atomic E-state index is 0.0857. The molecule has 1 rings (SSSR count). The summed E-state index contributed by atoms with van der Waals surface area (Å²) in [5.74, 6) is 0.260. The smallest absolute Gasteiger partial charge is 0.242 e. The van der Waals surface area contributed by atoms with Crippen molar-refractivity contribution < 1.29 is 8.42 Å². The van der Waals surface area contributed by atoms with Crippen molar-refractivity contribution in [2.75, 3.05) is 0 Å². The summed E-state index contributed by atoms with van der Waals surface area (Å²) in [6.45, 7) is 10.7. The van der Waals surface area contributed by atoms with Gasteiger partial charge in [0.2, 0.25) is 10.0 Å². The molecule has 0 amide bonds. The van der Waals surface area contributed by atoms with E-state index in [0.717, 1.165) is 5.69 Å². The fourth-order valence-corrected chi connectivity index (χ4v) is 3.14. The van der Waals surface area contributed by atoms with Gasteiger partial charge in [-0.1, -0.05) is 27.7 Å². The first-order chi connectivity index (χ1) is 9.13. The van der Waals surface area contributed by atoms with E-state index >= 15 is 0 Å². The van der Waals surface area contributed by atoms with Gasteiger partial charge in [-0.2, -0.15) is 0 Å². The number of rotatable bonds is 7. The van der Waals surface area contributed by atoms with Gasteiger partial charge < -0.3 is 9.88 Å². The third kappa shape index (κ3) is 4.61. The first kappa shape index (κ1) is 17.2. The highest BCUT2D eigenvalue weighted by atomic mass is 32.2. The van der Waals surface area contributed by atoms with Gasteiger partial charge in [0.15, 0.2) is 0 Å². The molecule has 20 heavy (non-hydrogen) atoms. The van der Waals surface area contributed by atoms with Crippen LogP contribution in [0, 0.1) is 5.92 Å². The monoisotopic (exact) mass is 301 g/mol. The fraction of sp³-hybridized carbons (Fsp3) is 0.714. The molecule has 1 aromatic rings. The van der Waals surface area contributed by atoms with Crippen LogP contribution in [0.5, 0.6) is 0 Å². The zero-order chi connectivity index (χ0) is 15.5. The zero-order valence-corrected chi connectivity index (χ0v) is 14.1. The molecule has 0 aromatic carbocycles. The number of aryl methyl sites for hydroxylation is 1. The fourth-order valence-electron chi connectivity index (χ4n) is 1.66. The Kier molecular flexibility index (Phi) is 5.79. The van der Waals surface area contributed by atoms with Crippen molar-refractivity contribution in [3.05, 3.63) is 18.0 Å². The van der Waals surface area contributed by atoms with E-state index in [1.54, 1.807) is 12.3 Å². The Morgan fingerprint density at radius 2 is 1.80 bits per heavy atom. The zero-order valence-electron chi connectivity index (χ0n) is 13.3. The van der Waals surface area contributed by atoms with Crippen molar-refractivity contribution >= 4 is 10.0 Å². The van der Waals surface area contributed by atoms with Gasteiger partial charge in [-0.05, 0) is 18.9 Å². The summed E-state index contributed by atoms with van der Waals surface area (Å²) < 4.78 is 29.2. The summed E-state index contributed by atoms with van der Waals surface area (Å²) in [5, 5.41) is 3.29. The van der Waals surface area contributed by atoms with E-state index in [9.17, 15) is 8.42 Å². The molecule has 116 valence electrons. The quantitative estimate of drug-likeness (QED) is 0.808. The third-order valence-electron chi connectivity index (χ3n) is 3.43. The van der Waals surface area contributed by atoms with Gasteiger partial charge in [0.1, 0.15) is 0 Å². The highest BCUT2D eigenvalue weighted by Gasteiger charge is 2.21. The van der Waals surface area contributed by atoms with Gasteiger partial charge in [-0.15, -0.1) is 0 Å². The predicted molar refractivity (Wildman–Crippen MR) is 82.0 cm³/mol. The average Bonchev–Trinajstić information content (AvgIpc) is 2.68. The normalized spacial score (nSPS) is 14.2. The van der Waals surface area contributed by atoms with Crippen LogP contribution >= 0.6 is 0 Å². The van der Waals surface area contributed by atoms with Crippen LogP contribution in [0.3, 0.4) is 0 Å². The van der Waals surface area contributed by atoms with Crippen LogP contribution in [-0.2, 0) is 23.6 Å². The highest BCUT2D eigenvalue weighted by Crippen LogP contribution is 2.15. The number of hydrogen-bond donors (Lipinski definition) is 2. The molecule has 6 heteroatoms. The van der Waals surface area contributed by atoms with Crippen molar-refractivity contribution in [2.24, 2.45) is 13.0 Å². The number of nitrogens with zero attached hydrogens (tertiary/aromatic N) is 1. The van der Waals surface area contributed by atoms with Gasteiger partial charge in [0, 0.05) is 37.6 Å². The number of sulfonamides is 1. The summed E-state index contributed by atoms with van der Waals surface area (Å²) in [6.07, 6.45) is 1.66. The molecule has 0 bridgehead atoms. The predicted octanol–water partition coefficient (Wildman–Crippen LogP) is 1.85. The van der Waals surface area contributed by atoms with Gasteiger partial charge in [-0.3, -0.25) is 0 Å². The van der Waals surface area contributed by atoms with Crippen LogP contribution < -0.4 is 10.0 Å². The minimum atomic E-state index is -3.44. The second kappa shape index (κ2) is 6.74. The highest BCUT2D eigenvalue weighted by molar-refractivity contribution is 7.89.